The molecule has 11 nitrogen and oxygen atoms in total. The van der Waals surface area contributed by atoms with Gasteiger partial charge < -0.3 is 19.9 Å². The number of piperazine rings is 1. The number of β-amino-alcohol motifs (C(OH)–C–C–N with tert-alkyl or cyclic N) is 1. The van der Waals surface area contributed by atoms with Crippen molar-refractivity contribution >= 4 is 41.0 Å². The van der Waals surface area contributed by atoms with E-state index in [1.807, 2.05) is 26.0 Å². The van der Waals surface area contributed by atoms with E-state index in [1.165, 1.54) is 6.20 Å². The Hall–Kier alpha value is -3.28. The zero-order chi connectivity index (χ0) is 24.9. The standard InChI is InChI=1S/C23H30ClN9O2/c1-4-18-26-21(30-23(27-18)33-10-8-32(9-11-33)12-13-34)29-22-25-14-17(31(22)3)20(35)28-19-15(2)6-5-7-16(19)24/h5-7,14,34H,4,8-13H2,1-3H3,(H,28,35)(H,25,26,27,29,30). The molecule has 0 atom stereocenters. The molecule has 1 aliphatic rings. The maximum Gasteiger partial charge on any atom is 0.274 e. The number of aliphatic hydroxyl groups excluding tert-OH is 1. The van der Waals surface area contributed by atoms with Crippen LogP contribution in [0.4, 0.5) is 23.5 Å². The monoisotopic (exact) mass is 499 g/mol. The fourth-order valence-corrected chi connectivity index (χ4v) is 4.15. The molecule has 1 saturated heterocycles. The molecule has 4 rings (SSSR count). The number of nitrogens with one attached hydrogen (secondary N) is 2. The lowest BCUT2D eigenvalue weighted by atomic mass is 10.2. The molecule has 186 valence electrons. The summed E-state index contributed by atoms with van der Waals surface area (Å²) in [5, 5.41) is 15.6. The molecular formula is C23H30ClN9O2. The lowest BCUT2D eigenvalue weighted by Crippen LogP contribution is -2.47. The number of aliphatic hydroxyl groups is 1. The second-order valence-corrected chi connectivity index (χ2v) is 8.73. The average Bonchev–Trinajstić information content (AvgIpc) is 3.21. The number of carbonyl (C=O) groups is 1. The molecule has 1 fully saturated rings. The molecule has 1 aromatic carbocycles. The normalized spacial score (nSPS) is 14.3. The van der Waals surface area contributed by atoms with E-state index in [1.54, 1.807) is 17.7 Å². The Morgan fingerprint density at radius 1 is 1.17 bits per heavy atom. The Morgan fingerprint density at radius 3 is 2.63 bits per heavy atom. The molecule has 0 saturated carbocycles. The molecule has 0 unspecified atom stereocenters. The topological polar surface area (TPSA) is 124 Å². The van der Waals surface area contributed by atoms with E-state index < -0.39 is 0 Å². The highest BCUT2D eigenvalue weighted by Crippen LogP contribution is 2.26. The number of aromatic nitrogens is 5. The van der Waals surface area contributed by atoms with Crippen LogP contribution in [0, 0.1) is 6.92 Å². The first-order valence-electron chi connectivity index (χ1n) is 11.6. The number of hydrogen-bond donors (Lipinski definition) is 3. The smallest absolute Gasteiger partial charge is 0.274 e. The zero-order valence-electron chi connectivity index (χ0n) is 20.1. The van der Waals surface area contributed by atoms with E-state index in [4.69, 9.17) is 16.7 Å². The summed E-state index contributed by atoms with van der Waals surface area (Å²) in [4.78, 5) is 35.3. The minimum atomic E-state index is -0.324. The van der Waals surface area contributed by atoms with Crippen LogP contribution in [-0.4, -0.2) is 79.7 Å². The van der Waals surface area contributed by atoms with Gasteiger partial charge in [-0.2, -0.15) is 15.0 Å². The van der Waals surface area contributed by atoms with Crippen LogP contribution in [0.3, 0.4) is 0 Å². The summed E-state index contributed by atoms with van der Waals surface area (Å²) in [6.45, 7) is 7.89. The van der Waals surface area contributed by atoms with Gasteiger partial charge in [0.2, 0.25) is 17.8 Å². The summed E-state index contributed by atoms with van der Waals surface area (Å²) in [6, 6.07) is 5.45. The van der Waals surface area contributed by atoms with E-state index in [9.17, 15) is 4.79 Å². The Labute approximate surface area is 209 Å². The maximum absolute atomic E-state index is 12.9. The summed E-state index contributed by atoms with van der Waals surface area (Å²) < 4.78 is 1.64. The molecule has 35 heavy (non-hydrogen) atoms. The van der Waals surface area contributed by atoms with Crippen LogP contribution in [-0.2, 0) is 13.5 Å². The van der Waals surface area contributed by atoms with Crippen molar-refractivity contribution in [2.75, 3.05) is 54.9 Å². The minimum absolute atomic E-state index is 0.154. The number of halogens is 1. The molecular weight excluding hydrogens is 470 g/mol. The van der Waals surface area contributed by atoms with Crippen LogP contribution < -0.4 is 15.5 Å². The second kappa shape index (κ2) is 11.0. The van der Waals surface area contributed by atoms with E-state index in [0.717, 1.165) is 31.7 Å². The third kappa shape index (κ3) is 5.69. The van der Waals surface area contributed by atoms with Gasteiger partial charge >= 0.3 is 0 Å². The van der Waals surface area contributed by atoms with E-state index in [0.29, 0.717) is 53.0 Å². The van der Waals surface area contributed by atoms with E-state index in [-0.39, 0.29) is 12.5 Å². The summed E-state index contributed by atoms with van der Waals surface area (Å²) >= 11 is 6.25. The van der Waals surface area contributed by atoms with Crippen LogP contribution >= 0.6 is 11.6 Å². The third-order valence-electron chi connectivity index (χ3n) is 5.96. The predicted molar refractivity (Wildman–Crippen MR) is 136 cm³/mol. The van der Waals surface area contributed by atoms with Gasteiger partial charge in [0.25, 0.3) is 5.91 Å². The summed E-state index contributed by atoms with van der Waals surface area (Å²) in [6.07, 6.45) is 2.15. The van der Waals surface area contributed by atoms with E-state index >= 15 is 0 Å². The highest BCUT2D eigenvalue weighted by atomic mass is 35.5. The first-order valence-corrected chi connectivity index (χ1v) is 12.0. The Bertz CT molecular complexity index is 1170. The third-order valence-corrected chi connectivity index (χ3v) is 6.28. The average molecular weight is 500 g/mol. The van der Waals surface area contributed by atoms with Crippen molar-refractivity contribution in [3.05, 3.63) is 46.5 Å². The fourth-order valence-electron chi connectivity index (χ4n) is 3.88. The molecule has 3 aromatic rings. The van der Waals surface area contributed by atoms with Crippen molar-refractivity contribution in [3.8, 4) is 0 Å². The number of hydrogen-bond acceptors (Lipinski definition) is 9. The van der Waals surface area contributed by atoms with Gasteiger partial charge in [0.1, 0.15) is 11.5 Å². The summed E-state index contributed by atoms with van der Waals surface area (Å²) in [7, 11) is 1.74. The molecule has 1 amide bonds. The van der Waals surface area contributed by atoms with E-state index in [2.05, 4.69) is 40.4 Å². The molecule has 2 aromatic heterocycles. The van der Waals surface area contributed by atoms with Crippen molar-refractivity contribution in [2.45, 2.75) is 20.3 Å². The molecule has 12 heteroatoms. The number of rotatable bonds is 8. The largest absolute Gasteiger partial charge is 0.395 e. The SMILES string of the molecule is CCc1nc(Nc2ncc(C(=O)Nc3c(C)cccc3Cl)n2C)nc(N2CCN(CCO)CC2)n1. The van der Waals surface area contributed by atoms with Gasteiger partial charge in [-0.15, -0.1) is 0 Å². The van der Waals surface area contributed by atoms with Crippen molar-refractivity contribution in [2.24, 2.45) is 7.05 Å². The zero-order valence-corrected chi connectivity index (χ0v) is 20.9. The predicted octanol–water partition coefficient (Wildman–Crippen LogP) is 2.24. The fraction of sp³-hybridized carbons (Fsp3) is 0.435. The first kappa shape index (κ1) is 24.8. The number of aryl methyl sites for hydroxylation is 2. The van der Waals surface area contributed by atoms with Gasteiger partial charge in [0.05, 0.1) is 23.5 Å². The van der Waals surface area contributed by atoms with Gasteiger partial charge in [-0.05, 0) is 18.6 Å². The Morgan fingerprint density at radius 2 is 1.94 bits per heavy atom. The maximum atomic E-state index is 12.9. The van der Waals surface area contributed by atoms with Crippen LogP contribution in [0.1, 0.15) is 28.8 Å². The second-order valence-electron chi connectivity index (χ2n) is 8.32. The van der Waals surface area contributed by atoms with Crippen LogP contribution in [0.25, 0.3) is 0 Å². The van der Waals surface area contributed by atoms with Gasteiger partial charge in [-0.25, -0.2) is 4.98 Å². The van der Waals surface area contributed by atoms with Crippen LogP contribution in [0.5, 0.6) is 0 Å². The number of anilines is 4. The number of amides is 1. The molecule has 0 spiro atoms. The van der Waals surface area contributed by atoms with Crippen molar-refractivity contribution in [1.82, 2.24) is 29.4 Å². The number of benzene rings is 1. The molecule has 1 aliphatic heterocycles. The molecule has 0 radical (unpaired) electrons. The summed E-state index contributed by atoms with van der Waals surface area (Å²) in [5.41, 5.74) is 1.80. The molecule has 3 N–H and O–H groups in total. The Balaban J connectivity index is 1.51. The molecule has 0 bridgehead atoms. The Kier molecular flexibility index (Phi) is 7.79. The summed E-state index contributed by atoms with van der Waals surface area (Å²) in [5.74, 6) is 1.74. The van der Waals surface area contributed by atoms with Gasteiger partial charge in [-0.1, -0.05) is 30.7 Å². The van der Waals surface area contributed by atoms with Gasteiger partial charge in [-0.3, -0.25) is 15.0 Å². The van der Waals surface area contributed by atoms with Gasteiger partial charge in [0.15, 0.2) is 0 Å². The van der Waals surface area contributed by atoms with Crippen molar-refractivity contribution in [3.63, 3.8) is 0 Å². The number of nitrogens with zero attached hydrogens (tertiary/aromatic N) is 7. The highest BCUT2D eigenvalue weighted by molar-refractivity contribution is 6.34. The number of para-hydroxylation sites is 1. The lowest BCUT2D eigenvalue weighted by Gasteiger charge is -2.34. The van der Waals surface area contributed by atoms with Crippen LogP contribution in [0.15, 0.2) is 24.4 Å². The minimum Gasteiger partial charge on any atom is -0.395 e. The lowest BCUT2D eigenvalue weighted by molar-refractivity contribution is 0.101. The first-order chi connectivity index (χ1) is 16.9. The van der Waals surface area contributed by atoms with Crippen molar-refractivity contribution in [1.29, 1.82) is 0 Å². The highest BCUT2D eigenvalue weighted by Gasteiger charge is 2.21. The quantitative estimate of drug-likeness (QED) is 0.428. The molecule has 3 heterocycles. The number of imidazole rings is 1. The van der Waals surface area contributed by atoms with Gasteiger partial charge in [0, 0.05) is 46.2 Å². The molecule has 0 aliphatic carbocycles. The van der Waals surface area contributed by atoms with Crippen molar-refractivity contribution < 1.29 is 9.90 Å². The van der Waals surface area contributed by atoms with Crippen LogP contribution in [0.2, 0.25) is 5.02 Å². The number of carbonyl (C=O) groups excluding carboxylic acids is 1.